The Morgan fingerprint density at radius 1 is 1.24 bits per heavy atom. The number of nitrogens with zero attached hydrogens (tertiary/aromatic N) is 2. The van der Waals surface area contributed by atoms with Gasteiger partial charge in [0.2, 0.25) is 5.78 Å². The number of pyridine rings is 1. The van der Waals surface area contributed by atoms with Crippen LogP contribution in [0, 0.1) is 0 Å². The minimum Gasteiger partial charge on any atom is -0.509 e. The number of carbonyl (C=O) groups excluding carboxylic acids is 2. The standard InChI is InChI=1S/C19H18N2O4/c1-25-18(24)15-16(22)14-7-6-13(12-5-4-10-20-11-12)21(14)19(17(15)23)8-2-3-9-19/h4-7,10-11,23H,2-3,8-9H2,1H3. The van der Waals surface area contributed by atoms with Crippen molar-refractivity contribution in [3.63, 3.8) is 0 Å². The van der Waals surface area contributed by atoms with Crippen LogP contribution in [0.25, 0.3) is 11.3 Å². The summed E-state index contributed by atoms with van der Waals surface area (Å²) in [5.41, 5.74) is 1.06. The fraction of sp³-hybridized carbons (Fsp3) is 0.316. The van der Waals surface area contributed by atoms with E-state index in [0.717, 1.165) is 24.1 Å². The fourth-order valence-electron chi connectivity index (χ4n) is 4.10. The van der Waals surface area contributed by atoms with Crippen LogP contribution in [-0.4, -0.2) is 33.5 Å². The summed E-state index contributed by atoms with van der Waals surface area (Å²) < 4.78 is 6.63. The maximum Gasteiger partial charge on any atom is 0.345 e. The van der Waals surface area contributed by atoms with Gasteiger partial charge in [0.05, 0.1) is 18.5 Å². The minimum absolute atomic E-state index is 0.171. The number of fused-ring (bicyclic) bond motifs is 2. The minimum atomic E-state index is -0.788. The number of hydrogen-bond acceptors (Lipinski definition) is 5. The molecule has 6 nitrogen and oxygen atoms in total. The molecule has 1 aliphatic heterocycles. The van der Waals surface area contributed by atoms with Crippen molar-refractivity contribution in [3.8, 4) is 11.3 Å². The first-order chi connectivity index (χ1) is 12.1. The first-order valence-electron chi connectivity index (χ1n) is 8.29. The van der Waals surface area contributed by atoms with Crippen LogP contribution in [-0.2, 0) is 15.1 Å². The lowest BCUT2D eigenvalue weighted by Gasteiger charge is -2.37. The number of aliphatic hydroxyl groups is 1. The molecule has 1 spiro atoms. The van der Waals surface area contributed by atoms with E-state index in [1.165, 1.54) is 7.11 Å². The Labute approximate surface area is 144 Å². The van der Waals surface area contributed by atoms with E-state index in [-0.39, 0.29) is 11.3 Å². The van der Waals surface area contributed by atoms with Crippen LogP contribution in [0.3, 0.4) is 0 Å². The molecule has 0 atom stereocenters. The maximum absolute atomic E-state index is 12.9. The Morgan fingerprint density at radius 2 is 1.96 bits per heavy atom. The fourth-order valence-corrected chi connectivity index (χ4v) is 4.10. The van der Waals surface area contributed by atoms with Gasteiger partial charge in [0.1, 0.15) is 16.9 Å². The third kappa shape index (κ3) is 2.06. The third-order valence-electron chi connectivity index (χ3n) is 5.22. The van der Waals surface area contributed by atoms with Gasteiger partial charge < -0.3 is 14.4 Å². The zero-order valence-electron chi connectivity index (χ0n) is 13.9. The topological polar surface area (TPSA) is 81.4 Å². The Hall–Kier alpha value is -2.89. The summed E-state index contributed by atoms with van der Waals surface area (Å²) in [6.07, 6.45) is 6.58. The van der Waals surface area contributed by atoms with Gasteiger partial charge in [0.25, 0.3) is 0 Å². The predicted molar refractivity (Wildman–Crippen MR) is 90.1 cm³/mol. The zero-order valence-corrected chi connectivity index (χ0v) is 13.9. The molecule has 0 radical (unpaired) electrons. The molecule has 0 unspecified atom stereocenters. The van der Waals surface area contributed by atoms with Gasteiger partial charge in [-0.05, 0) is 37.1 Å². The Morgan fingerprint density at radius 3 is 2.60 bits per heavy atom. The van der Waals surface area contributed by atoms with Crippen molar-refractivity contribution in [1.29, 1.82) is 0 Å². The van der Waals surface area contributed by atoms with E-state index in [0.29, 0.717) is 18.5 Å². The number of aromatic nitrogens is 2. The lowest BCUT2D eigenvalue weighted by Crippen LogP contribution is -2.42. The van der Waals surface area contributed by atoms with Crippen molar-refractivity contribution in [3.05, 3.63) is 53.7 Å². The Balaban J connectivity index is 1.99. The highest BCUT2D eigenvalue weighted by molar-refractivity contribution is 6.25. The molecular weight excluding hydrogens is 320 g/mol. The molecule has 6 heteroatoms. The van der Waals surface area contributed by atoms with Crippen molar-refractivity contribution >= 4 is 11.8 Å². The summed E-state index contributed by atoms with van der Waals surface area (Å²) >= 11 is 0. The highest BCUT2D eigenvalue weighted by Crippen LogP contribution is 2.49. The van der Waals surface area contributed by atoms with Gasteiger partial charge in [0.15, 0.2) is 0 Å². The number of carbonyl (C=O) groups is 2. The second-order valence-electron chi connectivity index (χ2n) is 6.46. The number of methoxy groups -OCH3 is 1. The maximum atomic E-state index is 12.9. The van der Waals surface area contributed by atoms with Gasteiger partial charge in [0, 0.05) is 18.0 Å². The van der Waals surface area contributed by atoms with E-state index in [1.54, 1.807) is 18.5 Å². The highest BCUT2D eigenvalue weighted by Gasteiger charge is 2.50. The average molecular weight is 338 g/mol. The van der Waals surface area contributed by atoms with E-state index >= 15 is 0 Å². The summed E-state index contributed by atoms with van der Waals surface area (Å²) in [4.78, 5) is 29.1. The largest absolute Gasteiger partial charge is 0.509 e. The van der Waals surface area contributed by atoms with E-state index in [4.69, 9.17) is 4.74 Å². The van der Waals surface area contributed by atoms with Crippen LogP contribution in [0.15, 0.2) is 48.0 Å². The highest BCUT2D eigenvalue weighted by atomic mass is 16.5. The van der Waals surface area contributed by atoms with Crippen LogP contribution in [0.1, 0.15) is 36.2 Å². The van der Waals surface area contributed by atoms with E-state index < -0.39 is 17.3 Å². The number of Topliss-reactive ketones (excluding diaryl/α,β-unsaturated/α-hetero) is 1. The average Bonchev–Trinajstić information content (AvgIpc) is 3.29. The number of aliphatic hydroxyl groups excluding tert-OH is 1. The smallest absolute Gasteiger partial charge is 0.345 e. The van der Waals surface area contributed by atoms with Crippen molar-refractivity contribution in [2.45, 2.75) is 31.2 Å². The van der Waals surface area contributed by atoms with Gasteiger partial charge in [-0.25, -0.2) is 4.79 Å². The normalized spacial score (nSPS) is 18.5. The van der Waals surface area contributed by atoms with Crippen molar-refractivity contribution in [2.24, 2.45) is 0 Å². The van der Waals surface area contributed by atoms with Crippen LogP contribution in [0.4, 0.5) is 0 Å². The molecule has 0 saturated heterocycles. The summed E-state index contributed by atoms with van der Waals surface area (Å²) in [5, 5.41) is 10.9. The number of rotatable bonds is 2. The molecule has 2 aromatic rings. The molecule has 0 aromatic carbocycles. The number of allylic oxidation sites excluding steroid dienone is 1. The second kappa shape index (κ2) is 5.58. The molecular formula is C19H18N2O4. The molecule has 1 fully saturated rings. The molecule has 1 N–H and O–H groups in total. The molecule has 2 aromatic heterocycles. The molecule has 0 amide bonds. The first-order valence-corrected chi connectivity index (χ1v) is 8.29. The molecule has 1 aliphatic carbocycles. The molecule has 4 rings (SSSR count). The predicted octanol–water partition coefficient (Wildman–Crippen LogP) is 3.00. The van der Waals surface area contributed by atoms with Gasteiger partial charge in [-0.2, -0.15) is 0 Å². The van der Waals surface area contributed by atoms with Crippen LogP contribution in [0.2, 0.25) is 0 Å². The summed E-state index contributed by atoms with van der Waals surface area (Å²) in [7, 11) is 1.21. The molecule has 2 aliphatic rings. The summed E-state index contributed by atoms with van der Waals surface area (Å²) in [5.74, 6) is -1.46. The van der Waals surface area contributed by atoms with Crippen molar-refractivity contribution < 1.29 is 19.4 Å². The van der Waals surface area contributed by atoms with E-state index in [9.17, 15) is 14.7 Å². The number of esters is 1. The first kappa shape index (κ1) is 15.6. The molecule has 1 saturated carbocycles. The molecule has 0 bridgehead atoms. The van der Waals surface area contributed by atoms with Crippen LogP contribution in [0.5, 0.6) is 0 Å². The van der Waals surface area contributed by atoms with Gasteiger partial charge in [-0.15, -0.1) is 0 Å². The van der Waals surface area contributed by atoms with Gasteiger partial charge in [-0.1, -0.05) is 12.8 Å². The lowest BCUT2D eigenvalue weighted by atomic mass is 9.85. The SMILES string of the molecule is COC(=O)C1=C(O)C2(CCCC2)n2c(ccc2-c2cccnc2)C1=O. The van der Waals surface area contributed by atoms with Crippen LogP contribution < -0.4 is 0 Å². The van der Waals surface area contributed by atoms with E-state index in [2.05, 4.69) is 4.98 Å². The molecule has 128 valence electrons. The second-order valence-corrected chi connectivity index (χ2v) is 6.46. The third-order valence-corrected chi connectivity index (χ3v) is 5.22. The van der Waals surface area contributed by atoms with Gasteiger partial charge in [-0.3, -0.25) is 9.78 Å². The van der Waals surface area contributed by atoms with Crippen molar-refractivity contribution in [1.82, 2.24) is 9.55 Å². The molecule has 3 heterocycles. The summed E-state index contributed by atoms with van der Waals surface area (Å²) in [6, 6.07) is 7.30. The lowest BCUT2D eigenvalue weighted by molar-refractivity contribution is -0.136. The van der Waals surface area contributed by atoms with Crippen LogP contribution >= 0.6 is 0 Å². The molecule has 25 heavy (non-hydrogen) atoms. The Kier molecular flexibility index (Phi) is 3.49. The number of hydrogen-bond donors (Lipinski definition) is 1. The number of ketones is 1. The monoisotopic (exact) mass is 338 g/mol. The van der Waals surface area contributed by atoms with Crippen molar-refractivity contribution in [2.75, 3.05) is 7.11 Å². The Bertz CT molecular complexity index is 889. The number of ether oxygens (including phenoxy) is 1. The summed E-state index contributed by atoms with van der Waals surface area (Å²) in [6.45, 7) is 0. The van der Waals surface area contributed by atoms with Gasteiger partial charge >= 0.3 is 5.97 Å². The van der Waals surface area contributed by atoms with E-state index in [1.807, 2.05) is 22.8 Å². The zero-order chi connectivity index (χ0) is 17.6. The quantitative estimate of drug-likeness (QED) is 0.672.